The number of nitrogens with zero attached hydrogens (tertiary/aromatic N) is 2. The molecule has 0 bridgehead atoms. The standard InChI is InChI=1S/C20H22N2O3S/c1-3-5-10-22-19(24)16-9-8-14(12-17(16)20(22)25)18(23)21(4-2)13-15-7-6-11-26-15/h6-9,11-12H,3-5,10,13H2,1-2H3. The van der Waals surface area contributed by atoms with Gasteiger partial charge in [-0.05, 0) is 43.0 Å². The molecular formula is C20H22N2O3S. The van der Waals surface area contributed by atoms with Gasteiger partial charge >= 0.3 is 0 Å². The molecule has 6 heteroatoms. The molecule has 1 aliphatic rings. The first-order chi connectivity index (χ1) is 12.6. The number of thiophene rings is 1. The van der Waals surface area contributed by atoms with E-state index in [9.17, 15) is 14.4 Å². The van der Waals surface area contributed by atoms with Crippen LogP contribution in [0.2, 0.25) is 0 Å². The van der Waals surface area contributed by atoms with Crippen LogP contribution in [-0.4, -0.2) is 40.6 Å². The van der Waals surface area contributed by atoms with Crippen LogP contribution in [0.5, 0.6) is 0 Å². The smallest absolute Gasteiger partial charge is 0.261 e. The number of hydrogen-bond acceptors (Lipinski definition) is 4. The van der Waals surface area contributed by atoms with E-state index in [0.29, 0.717) is 36.3 Å². The largest absolute Gasteiger partial charge is 0.334 e. The molecule has 0 unspecified atom stereocenters. The SMILES string of the molecule is CCCCN1C(=O)c2ccc(C(=O)N(CC)Cc3cccs3)cc2C1=O. The van der Waals surface area contributed by atoms with Crippen LogP contribution in [-0.2, 0) is 6.54 Å². The van der Waals surface area contributed by atoms with Crippen LogP contribution in [0.4, 0.5) is 0 Å². The normalized spacial score (nSPS) is 13.2. The van der Waals surface area contributed by atoms with Crippen molar-refractivity contribution in [3.8, 4) is 0 Å². The van der Waals surface area contributed by atoms with Gasteiger partial charge in [-0.15, -0.1) is 11.3 Å². The molecule has 0 saturated carbocycles. The Balaban J connectivity index is 1.83. The summed E-state index contributed by atoms with van der Waals surface area (Å²) in [5, 5.41) is 1.98. The van der Waals surface area contributed by atoms with E-state index in [1.54, 1.807) is 34.4 Å². The van der Waals surface area contributed by atoms with E-state index < -0.39 is 0 Å². The first kappa shape index (κ1) is 18.3. The number of benzene rings is 1. The van der Waals surface area contributed by atoms with E-state index in [0.717, 1.165) is 17.7 Å². The van der Waals surface area contributed by atoms with Crippen LogP contribution < -0.4 is 0 Å². The third-order valence-electron chi connectivity index (χ3n) is 4.55. The summed E-state index contributed by atoms with van der Waals surface area (Å²) in [5.74, 6) is -0.686. The van der Waals surface area contributed by atoms with E-state index >= 15 is 0 Å². The lowest BCUT2D eigenvalue weighted by molar-refractivity contribution is 0.0652. The molecule has 1 aromatic heterocycles. The maximum Gasteiger partial charge on any atom is 0.261 e. The zero-order chi connectivity index (χ0) is 18.7. The zero-order valence-corrected chi connectivity index (χ0v) is 15.8. The highest BCUT2D eigenvalue weighted by molar-refractivity contribution is 7.09. The number of rotatable bonds is 7. The first-order valence-corrected chi connectivity index (χ1v) is 9.76. The Morgan fingerprint density at radius 3 is 2.54 bits per heavy atom. The Labute approximate surface area is 157 Å². The van der Waals surface area contributed by atoms with Crippen molar-refractivity contribution < 1.29 is 14.4 Å². The van der Waals surface area contributed by atoms with E-state index in [1.165, 1.54) is 4.90 Å². The van der Waals surface area contributed by atoms with Crippen molar-refractivity contribution >= 4 is 29.1 Å². The van der Waals surface area contributed by atoms with Crippen LogP contribution in [0.25, 0.3) is 0 Å². The molecule has 0 fully saturated rings. The predicted molar refractivity (Wildman–Crippen MR) is 101 cm³/mol. The average molecular weight is 370 g/mol. The minimum Gasteiger partial charge on any atom is -0.334 e. The van der Waals surface area contributed by atoms with Crippen molar-refractivity contribution in [2.24, 2.45) is 0 Å². The van der Waals surface area contributed by atoms with Crippen molar-refractivity contribution in [2.75, 3.05) is 13.1 Å². The van der Waals surface area contributed by atoms with Gasteiger partial charge < -0.3 is 4.90 Å². The summed E-state index contributed by atoms with van der Waals surface area (Å²) in [6.07, 6.45) is 1.69. The van der Waals surface area contributed by atoms with Gasteiger partial charge in [0, 0.05) is 23.5 Å². The third-order valence-corrected chi connectivity index (χ3v) is 5.41. The van der Waals surface area contributed by atoms with Crippen LogP contribution in [0.15, 0.2) is 35.7 Å². The van der Waals surface area contributed by atoms with Crippen LogP contribution in [0.1, 0.15) is 62.6 Å². The summed E-state index contributed by atoms with van der Waals surface area (Å²) in [5.41, 5.74) is 1.17. The Morgan fingerprint density at radius 1 is 1.12 bits per heavy atom. The highest BCUT2D eigenvalue weighted by Crippen LogP contribution is 2.25. The molecule has 0 spiro atoms. The van der Waals surface area contributed by atoms with Crippen molar-refractivity contribution in [1.29, 1.82) is 0 Å². The molecule has 0 N–H and O–H groups in total. The van der Waals surface area contributed by atoms with E-state index in [2.05, 4.69) is 0 Å². The number of unbranched alkanes of at least 4 members (excludes halogenated alkanes) is 1. The summed E-state index contributed by atoms with van der Waals surface area (Å²) in [7, 11) is 0. The van der Waals surface area contributed by atoms with E-state index in [1.807, 2.05) is 31.4 Å². The minimum atomic E-state index is -0.297. The first-order valence-electron chi connectivity index (χ1n) is 8.88. The summed E-state index contributed by atoms with van der Waals surface area (Å²) in [6.45, 7) is 5.48. The van der Waals surface area contributed by atoms with Gasteiger partial charge in [0.25, 0.3) is 17.7 Å². The van der Waals surface area contributed by atoms with Gasteiger partial charge in [-0.3, -0.25) is 19.3 Å². The molecule has 0 aliphatic carbocycles. The third kappa shape index (κ3) is 3.42. The van der Waals surface area contributed by atoms with Crippen LogP contribution in [0, 0.1) is 0 Å². The minimum absolute atomic E-state index is 0.129. The molecule has 1 aromatic carbocycles. The molecule has 2 aromatic rings. The fourth-order valence-corrected chi connectivity index (χ4v) is 3.76. The summed E-state index contributed by atoms with van der Waals surface area (Å²) < 4.78 is 0. The lowest BCUT2D eigenvalue weighted by Crippen LogP contribution is -2.31. The second kappa shape index (κ2) is 7.83. The number of amides is 3. The topological polar surface area (TPSA) is 57.7 Å². The highest BCUT2D eigenvalue weighted by atomic mass is 32.1. The summed E-state index contributed by atoms with van der Waals surface area (Å²) in [6, 6.07) is 8.78. The molecule has 1 aliphatic heterocycles. The van der Waals surface area contributed by atoms with E-state index in [4.69, 9.17) is 0 Å². The number of fused-ring (bicyclic) bond motifs is 1. The van der Waals surface area contributed by atoms with Gasteiger partial charge in [0.2, 0.25) is 0 Å². The number of carbonyl (C=O) groups excluding carboxylic acids is 3. The molecule has 3 amide bonds. The Bertz CT molecular complexity index is 830. The summed E-state index contributed by atoms with van der Waals surface area (Å²) >= 11 is 1.61. The number of hydrogen-bond donors (Lipinski definition) is 0. The monoisotopic (exact) mass is 370 g/mol. The number of carbonyl (C=O) groups is 3. The average Bonchev–Trinajstić information content (AvgIpc) is 3.25. The van der Waals surface area contributed by atoms with Gasteiger partial charge in [-0.2, -0.15) is 0 Å². The summed E-state index contributed by atoms with van der Waals surface area (Å²) in [4.78, 5) is 42.0. The van der Waals surface area contributed by atoms with Gasteiger partial charge in [0.05, 0.1) is 17.7 Å². The van der Waals surface area contributed by atoms with Crippen molar-refractivity contribution in [3.05, 3.63) is 57.3 Å². The molecule has 5 nitrogen and oxygen atoms in total. The second-order valence-electron chi connectivity index (χ2n) is 6.27. The Hall–Kier alpha value is -2.47. The fourth-order valence-electron chi connectivity index (χ4n) is 3.04. The Kier molecular flexibility index (Phi) is 5.52. The molecule has 0 atom stereocenters. The predicted octanol–water partition coefficient (Wildman–Crippen LogP) is 3.81. The highest BCUT2D eigenvalue weighted by Gasteiger charge is 2.35. The maximum absolute atomic E-state index is 12.9. The quantitative estimate of drug-likeness (QED) is 0.697. The van der Waals surface area contributed by atoms with Crippen molar-refractivity contribution in [2.45, 2.75) is 33.2 Å². The fraction of sp³-hybridized carbons (Fsp3) is 0.350. The Morgan fingerprint density at radius 2 is 1.88 bits per heavy atom. The van der Waals surface area contributed by atoms with Gasteiger partial charge in [0.15, 0.2) is 0 Å². The van der Waals surface area contributed by atoms with E-state index in [-0.39, 0.29) is 17.7 Å². The van der Waals surface area contributed by atoms with Crippen LogP contribution >= 0.6 is 11.3 Å². The lowest BCUT2D eigenvalue weighted by atomic mass is 10.0. The molecule has 26 heavy (non-hydrogen) atoms. The van der Waals surface area contributed by atoms with Crippen molar-refractivity contribution in [1.82, 2.24) is 9.80 Å². The van der Waals surface area contributed by atoms with Gasteiger partial charge in [-0.25, -0.2) is 0 Å². The molecular weight excluding hydrogens is 348 g/mol. The molecule has 3 rings (SSSR count). The second-order valence-corrected chi connectivity index (χ2v) is 7.31. The molecule has 2 heterocycles. The molecule has 0 saturated heterocycles. The maximum atomic E-state index is 12.9. The van der Waals surface area contributed by atoms with Crippen molar-refractivity contribution in [3.63, 3.8) is 0 Å². The zero-order valence-electron chi connectivity index (χ0n) is 15.0. The van der Waals surface area contributed by atoms with Gasteiger partial charge in [-0.1, -0.05) is 19.4 Å². The number of imide groups is 1. The lowest BCUT2D eigenvalue weighted by Gasteiger charge is -2.20. The molecule has 0 radical (unpaired) electrons. The van der Waals surface area contributed by atoms with Gasteiger partial charge in [0.1, 0.15) is 0 Å². The van der Waals surface area contributed by atoms with Crippen LogP contribution in [0.3, 0.4) is 0 Å². The molecule has 136 valence electrons.